The van der Waals surface area contributed by atoms with Crippen molar-refractivity contribution in [1.82, 2.24) is 10.2 Å². The van der Waals surface area contributed by atoms with E-state index in [2.05, 4.69) is 5.32 Å². The van der Waals surface area contributed by atoms with Gasteiger partial charge in [-0.25, -0.2) is 8.42 Å². The number of rotatable bonds is 12. The first-order valence-electron chi connectivity index (χ1n) is 14.3. The van der Waals surface area contributed by atoms with Gasteiger partial charge < -0.3 is 19.7 Å². The van der Waals surface area contributed by atoms with Crippen molar-refractivity contribution in [1.29, 1.82) is 0 Å². The van der Waals surface area contributed by atoms with Crippen LogP contribution in [0.5, 0.6) is 11.5 Å². The molecule has 2 amide bonds. The summed E-state index contributed by atoms with van der Waals surface area (Å²) in [6, 6.07) is 19.6. The second-order valence-corrected chi connectivity index (χ2v) is 12.3. The number of amides is 2. The van der Waals surface area contributed by atoms with E-state index in [9.17, 15) is 18.0 Å². The van der Waals surface area contributed by atoms with Crippen LogP contribution in [0.15, 0.2) is 77.7 Å². The summed E-state index contributed by atoms with van der Waals surface area (Å²) in [6.45, 7) is 8.03. The van der Waals surface area contributed by atoms with Crippen LogP contribution in [-0.2, 0) is 26.2 Å². The molecular weight excluding hydrogens is 554 g/mol. The predicted octanol–water partition coefficient (Wildman–Crippen LogP) is 4.68. The van der Waals surface area contributed by atoms with Crippen LogP contribution in [0.3, 0.4) is 0 Å². The van der Waals surface area contributed by atoms with Gasteiger partial charge in [0.05, 0.1) is 10.6 Å². The summed E-state index contributed by atoms with van der Waals surface area (Å²) >= 11 is 0. The quantitative estimate of drug-likeness (QED) is 0.327. The lowest BCUT2D eigenvalue weighted by atomic mass is 10.1. The van der Waals surface area contributed by atoms with Crippen molar-refractivity contribution in [2.24, 2.45) is 0 Å². The molecular formula is C32H39N3O6S. The lowest BCUT2D eigenvalue weighted by Crippen LogP contribution is -2.53. The maximum absolute atomic E-state index is 14.2. The Bertz CT molecular complexity index is 1500. The first kappa shape index (κ1) is 30.9. The van der Waals surface area contributed by atoms with E-state index in [4.69, 9.17) is 9.47 Å². The van der Waals surface area contributed by atoms with Crippen LogP contribution < -0.4 is 19.1 Å². The molecule has 0 radical (unpaired) electrons. The van der Waals surface area contributed by atoms with Crippen molar-refractivity contribution >= 4 is 27.5 Å². The van der Waals surface area contributed by atoms with Crippen LogP contribution in [0.4, 0.5) is 5.69 Å². The molecule has 1 heterocycles. The van der Waals surface area contributed by atoms with Crippen molar-refractivity contribution < 1.29 is 27.5 Å². The predicted molar refractivity (Wildman–Crippen MR) is 162 cm³/mol. The Labute approximate surface area is 248 Å². The Morgan fingerprint density at radius 3 is 2.29 bits per heavy atom. The zero-order valence-corrected chi connectivity index (χ0v) is 25.4. The van der Waals surface area contributed by atoms with Gasteiger partial charge in [-0.3, -0.25) is 13.9 Å². The van der Waals surface area contributed by atoms with Gasteiger partial charge in [-0.15, -0.1) is 0 Å². The molecule has 0 bridgehead atoms. The molecule has 9 nitrogen and oxygen atoms in total. The molecule has 224 valence electrons. The molecule has 0 aromatic heterocycles. The normalized spacial score (nSPS) is 14.0. The van der Waals surface area contributed by atoms with E-state index < -0.39 is 28.5 Å². The van der Waals surface area contributed by atoms with Gasteiger partial charge in [-0.1, -0.05) is 61.9 Å². The van der Waals surface area contributed by atoms with Crippen LogP contribution in [0, 0.1) is 6.92 Å². The Morgan fingerprint density at radius 2 is 1.62 bits per heavy atom. The molecule has 3 aromatic rings. The number of aryl methyl sites for hydroxylation is 1. The van der Waals surface area contributed by atoms with Gasteiger partial charge in [0.2, 0.25) is 11.8 Å². The molecule has 1 aliphatic rings. The van der Waals surface area contributed by atoms with Crippen LogP contribution in [0.1, 0.15) is 44.7 Å². The molecule has 3 aromatic carbocycles. The number of benzene rings is 3. The number of hydrogen-bond acceptors (Lipinski definition) is 6. The average molecular weight is 594 g/mol. The highest BCUT2D eigenvalue weighted by Crippen LogP contribution is 2.36. The van der Waals surface area contributed by atoms with Gasteiger partial charge >= 0.3 is 0 Å². The van der Waals surface area contributed by atoms with E-state index >= 15 is 0 Å². The number of ether oxygens (including phenoxy) is 2. The van der Waals surface area contributed by atoms with Crippen LogP contribution in [0.2, 0.25) is 0 Å². The van der Waals surface area contributed by atoms with Crippen molar-refractivity contribution in [2.45, 2.75) is 64.1 Å². The molecule has 42 heavy (non-hydrogen) atoms. The zero-order valence-electron chi connectivity index (χ0n) is 24.6. The van der Waals surface area contributed by atoms with Gasteiger partial charge in [0.1, 0.15) is 25.8 Å². The van der Waals surface area contributed by atoms with Gasteiger partial charge in [0.15, 0.2) is 11.5 Å². The number of anilines is 1. The molecule has 2 atom stereocenters. The lowest BCUT2D eigenvalue weighted by Gasteiger charge is -2.34. The molecule has 0 spiro atoms. The highest BCUT2D eigenvalue weighted by Gasteiger charge is 2.34. The Hall–Kier alpha value is -4.05. The van der Waals surface area contributed by atoms with Gasteiger partial charge in [0, 0.05) is 18.7 Å². The summed E-state index contributed by atoms with van der Waals surface area (Å²) in [5.74, 6) is 0.124. The third-order valence-corrected chi connectivity index (χ3v) is 9.03. The Morgan fingerprint density at radius 1 is 0.905 bits per heavy atom. The summed E-state index contributed by atoms with van der Waals surface area (Å²) in [4.78, 5) is 29.2. The smallest absolute Gasteiger partial charge is 0.264 e. The van der Waals surface area contributed by atoms with E-state index in [1.807, 2.05) is 52.0 Å². The minimum Gasteiger partial charge on any atom is -0.486 e. The zero-order chi connectivity index (χ0) is 30.3. The number of hydrogen-bond donors (Lipinski definition) is 1. The lowest BCUT2D eigenvalue weighted by molar-refractivity contribution is -0.140. The number of carbonyl (C=O) groups is 2. The fourth-order valence-electron chi connectivity index (χ4n) is 4.80. The fraction of sp³-hybridized carbons (Fsp3) is 0.375. The van der Waals surface area contributed by atoms with Crippen LogP contribution in [0.25, 0.3) is 0 Å². The molecule has 0 saturated carbocycles. The van der Waals surface area contributed by atoms with Crippen molar-refractivity contribution in [3.8, 4) is 11.5 Å². The summed E-state index contributed by atoms with van der Waals surface area (Å²) in [7, 11) is -4.18. The molecule has 1 aliphatic heterocycles. The largest absolute Gasteiger partial charge is 0.486 e. The van der Waals surface area contributed by atoms with E-state index in [-0.39, 0.29) is 29.1 Å². The number of fused-ring (bicyclic) bond motifs is 1. The molecule has 4 rings (SSSR count). The highest BCUT2D eigenvalue weighted by molar-refractivity contribution is 7.92. The van der Waals surface area contributed by atoms with Crippen molar-refractivity contribution in [2.75, 3.05) is 24.1 Å². The maximum atomic E-state index is 14.2. The summed E-state index contributed by atoms with van der Waals surface area (Å²) in [6.07, 6.45) is 1.09. The average Bonchev–Trinajstić information content (AvgIpc) is 2.99. The topological polar surface area (TPSA) is 105 Å². The van der Waals surface area contributed by atoms with Gasteiger partial charge in [-0.2, -0.15) is 0 Å². The van der Waals surface area contributed by atoms with Gasteiger partial charge in [-0.05, 0) is 56.5 Å². The number of sulfonamides is 1. The van der Waals surface area contributed by atoms with Crippen molar-refractivity contribution in [3.05, 3.63) is 83.9 Å². The van der Waals surface area contributed by atoms with Crippen LogP contribution in [-0.4, -0.2) is 57.0 Å². The Balaban J connectivity index is 1.75. The van der Waals surface area contributed by atoms with E-state index in [0.717, 1.165) is 21.9 Å². The maximum Gasteiger partial charge on any atom is 0.264 e. The first-order chi connectivity index (χ1) is 20.1. The number of nitrogens with one attached hydrogen (secondary N) is 1. The third kappa shape index (κ3) is 7.23. The number of nitrogens with zero attached hydrogens (tertiary/aromatic N) is 2. The van der Waals surface area contributed by atoms with E-state index in [1.165, 1.54) is 17.0 Å². The molecule has 0 saturated heterocycles. The Kier molecular flexibility index (Phi) is 10.1. The summed E-state index contributed by atoms with van der Waals surface area (Å²) < 4.78 is 40.5. The first-order valence-corrected chi connectivity index (χ1v) is 15.7. The molecule has 1 N–H and O–H groups in total. The standard InChI is InChI=1S/C32H39N3O6S/c1-5-24(4)33-32(37)28(6-2)34(21-25-12-10-11-23(3)19-25)31(36)22-35(42(38,39)27-13-8-7-9-14-27)26-15-16-29-30(20-26)41-18-17-40-29/h7-16,19-20,24,28H,5-6,17-18,21-22H2,1-4H3,(H,33,37)/t24-,28-/m0/s1. The SMILES string of the molecule is CC[C@H](C)NC(=O)[C@H](CC)N(Cc1cccc(C)c1)C(=O)CN(c1ccc2c(c1)OCCO2)S(=O)(=O)c1ccccc1. The minimum atomic E-state index is -4.18. The molecule has 0 unspecified atom stereocenters. The highest BCUT2D eigenvalue weighted by atomic mass is 32.2. The monoisotopic (exact) mass is 593 g/mol. The third-order valence-electron chi connectivity index (χ3n) is 7.25. The van der Waals surface area contributed by atoms with E-state index in [0.29, 0.717) is 31.1 Å². The minimum absolute atomic E-state index is 0.0412. The second kappa shape index (κ2) is 13.7. The summed E-state index contributed by atoms with van der Waals surface area (Å²) in [5, 5.41) is 2.99. The number of carbonyl (C=O) groups excluding carboxylic acids is 2. The van der Waals surface area contributed by atoms with E-state index in [1.54, 1.807) is 36.4 Å². The fourth-order valence-corrected chi connectivity index (χ4v) is 6.23. The molecule has 0 fully saturated rings. The molecule has 10 heteroatoms. The summed E-state index contributed by atoms with van der Waals surface area (Å²) in [5.41, 5.74) is 2.11. The van der Waals surface area contributed by atoms with Gasteiger partial charge in [0.25, 0.3) is 10.0 Å². The van der Waals surface area contributed by atoms with Crippen LogP contribution >= 0.6 is 0 Å². The second-order valence-electron chi connectivity index (χ2n) is 10.4. The van der Waals surface area contributed by atoms with Crippen molar-refractivity contribution in [3.63, 3.8) is 0 Å². The molecule has 0 aliphatic carbocycles.